The number of ether oxygens (including phenoxy) is 1. The quantitative estimate of drug-likeness (QED) is 0.0320. The van der Waals surface area contributed by atoms with Crippen LogP contribution in [0.15, 0.2) is 24.3 Å². The van der Waals surface area contributed by atoms with Crippen LogP contribution in [0.25, 0.3) is 0 Å². The number of aliphatic hydroxyl groups is 2. The van der Waals surface area contributed by atoms with Crippen LogP contribution in [0.1, 0.15) is 431 Å². The van der Waals surface area contributed by atoms with Crippen LogP contribution in [0.2, 0.25) is 0 Å². The molecule has 0 bridgehead atoms. The van der Waals surface area contributed by atoms with E-state index >= 15 is 0 Å². The number of hydrogen-bond acceptors (Lipinski definition) is 5. The lowest BCUT2D eigenvalue weighted by molar-refractivity contribution is -0.143. The number of aliphatic hydroxyl groups excluding tert-OH is 2. The van der Waals surface area contributed by atoms with E-state index in [0.29, 0.717) is 19.4 Å². The SMILES string of the molecule is CCCCCCCCCCCCCCCCCCCCC/C=C/C(O)C(CO)NC(=O)CCCCCCCCCCCCC/C=C\CCCCCCCCCCCCCCOC(=O)CCCCCCCCCCCCCCCCCCCC. The molecule has 0 aliphatic rings. The zero-order valence-corrected chi connectivity index (χ0v) is 56.5. The molecule has 492 valence electrons. The molecular weight excluding hydrogens is 1020 g/mol. The van der Waals surface area contributed by atoms with Gasteiger partial charge in [0, 0.05) is 12.8 Å². The summed E-state index contributed by atoms with van der Waals surface area (Å²) >= 11 is 0. The third kappa shape index (κ3) is 69.3. The van der Waals surface area contributed by atoms with E-state index in [-0.39, 0.29) is 18.5 Å². The van der Waals surface area contributed by atoms with Gasteiger partial charge in [-0.2, -0.15) is 0 Å². The summed E-state index contributed by atoms with van der Waals surface area (Å²) < 4.78 is 5.51. The summed E-state index contributed by atoms with van der Waals surface area (Å²) in [6.45, 7) is 4.96. The van der Waals surface area contributed by atoms with Gasteiger partial charge in [0.2, 0.25) is 5.91 Å². The van der Waals surface area contributed by atoms with Crippen LogP contribution in [0.3, 0.4) is 0 Å². The topological polar surface area (TPSA) is 95.9 Å². The molecule has 2 unspecified atom stereocenters. The molecule has 0 aromatic heterocycles. The Morgan fingerprint density at radius 3 is 0.855 bits per heavy atom. The molecule has 0 aliphatic heterocycles. The standard InChI is InChI=1S/C77H149NO5/c1-3-5-7-9-11-13-15-17-19-21-23-31-34-37-41-45-49-53-57-61-65-69-75(80)74(73-79)78-76(81)70-66-62-58-54-50-46-42-38-35-32-29-27-25-24-26-28-30-33-36-40-44-48-52-56-60-64-68-72-83-77(82)71-67-63-59-55-51-47-43-39-22-20-18-16-14-12-10-8-6-4-2/h24-25,65,69,74-75,79-80H,3-23,26-64,66-68,70-73H2,1-2H3,(H,78,81)/b25-24-,69-65+. The maximum Gasteiger partial charge on any atom is 0.305 e. The minimum Gasteiger partial charge on any atom is -0.466 e. The first-order chi connectivity index (χ1) is 41.0. The average molecular weight is 1170 g/mol. The number of unbranched alkanes of at least 4 members (excludes halogenated alkanes) is 59. The van der Waals surface area contributed by atoms with Crippen LogP contribution in [0.5, 0.6) is 0 Å². The Balaban J connectivity index is 3.39. The summed E-state index contributed by atoms with van der Waals surface area (Å²) in [5, 5.41) is 23.3. The maximum atomic E-state index is 12.5. The van der Waals surface area contributed by atoms with Gasteiger partial charge in [-0.1, -0.05) is 385 Å². The van der Waals surface area contributed by atoms with E-state index in [4.69, 9.17) is 4.74 Å². The predicted molar refractivity (Wildman–Crippen MR) is 366 cm³/mol. The van der Waals surface area contributed by atoms with Gasteiger partial charge in [-0.3, -0.25) is 9.59 Å². The van der Waals surface area contributed by atoms with Crippen LogP contribution in [-0.2, 0) is 14.3 Å². The van der Waals surface area contributed by atoms with E-state index in [9.17, 15) is 19.8 Å². The first kappa shape index (κ1) is 81.3. The molecule has 6 nitrogen and oxygen atoms in total. The third-order valence-corrected chi connectivity index (χ3v) is 18.0. The summed E-state index contributed by atoms with van der Waals surface area (Å²) in [4.78, 5) is 24.7. The number of carbonyl (C=O) groups excluding carboxylic acids is 2. The number of allylic oxidation sites excluding steroid dienone is 3. The van der Waals surface area contributed by atoms with E-state index in [1.54, 1.807) is 6.08 Å². The Kier molecular flexibility index (Phi) is 71.4. The van der Waals surface area contributed by atoms with Gasteiger partial charge >= 0.3 is 5.97 Å². The predicted octanol–water partition coefficient (Wildman–Crippen LogP) is 24.9. The number of hydrogen-bond donors (Lipinski definition) is 3. The van der Waals surface area contributed by atoms with Crippen molar-refractivity contribution >= 4 is 11.9 Å². The molecule has 2 atom stereocenters. The monoisotopic (exact) mass is 1170 g/mol. The minimum absolute atomic E-state index is 0.0202. The fraction of sp³-hybridized carbons (Fsp3) is 0.922. The minimum atomic E-state index is -0.846. The van der Waals surface area contributed by atoms with Gasteiger partial charge in [0.1, 0.15) is 0 Å². The number of esters is 1. The Morgan fingerprint density at radius 1 is 0.325 bits per heavy atom. The van der Waals surface area contributed by atoms with Gasteiger partial charge in [0.05, 0.1) is 25.4 Å². The van der Waals surface area contributed by atoms with E-state index in [2.05, 4.69) is 31.3 Å². The second kappa shape index (κ2) is 72.8. The van der Waals surface area contributed by atoms with Crippen molar-refractivity contribution in [3.05, 3.63) is 24.3 Å². The van der Waals surface area contributed by atoms with E-state index in [1.165, 1.54) is 366 Å². The Labute approximate surface area is 520 Å². The van der Waals surface area contributed by atoms with Crippen molar-refractivity contribution < 1.29 is 24.5 Å². The van der Waals surface area contributed by atoms with Gasteiger partial charge < -0.3 is 20.3 Å². The molecule has 0 rings (SSSR count). The van der Waals surface area contributed by atoms with E-state index in [1.807, 2.05) is 6.08 Å². The molecule has 0 aromatic rings. The third-order valence-electron chi connectivity index (χ3n) is 18.0. The first-order valence-corrected chi connectivity index (χ1v) is 38.1. The van der Waals surface area contributed by atoms with Crippen LogP contribution in [0, 0.1) is 0 Å². The van der Waals surface area contributed by atoms with Crippen LogP contribution >= 0.6 is 0 Å². The molecule has 0 radical (unpaired) electrons. The Morgan fingerprint density at radius 2 is 0.566 bits per heavy atom. The highest BCUT2D eigenvalue weighted by molar-refractivity contribution is 5.76. The van der Waals surface area contributed by atoms with Crippen molar-refractivity contribution in [2.24, 2.45) is 0 Å². The summed E-state index contributed by atoms with van der Waals surface area (Å²) in [6, 6.07) is -0.629. The fourth-order valence-electron chi connectivity index (χ4n) is 12.2. The largest absolute Gasteiger partial charge is 0.466 e. The zero-order chi connectivity index (χ0) is 59.9. The van der Waals surface area contributed by atoms with E-state index < -0.39 is 12.1 Å². The average Bonchev–Trinajstić information content (AvgIpc) is 3.49. The van der Waals surface area contributed by atoms with Crippen molar-refractivity contribution in [2.45, 2.75) is 443 Å². The van der Waals surface area contributed by atoms with Crippen LogP contribution in [-0.4, -0.2) is 47.4 Å². The van der Waals surface area contributed by atoms with Crippen molar-refractivity contribution in [3.63, 3.8) is 0 Å². The molecule has 6 heteroatoms. The highest BCUT2D eigenvalue weighted by atomic mass is 16.5. The molecular formula is C77H149NO5. The molecule has 0 saturated carbocycles. The molecule has 3 N–H and O–H groups in total. The molecule has 0 heterocycles. The molecule has 0 spiro atoms. The lowest BCUT2D eigenvalue weighted by Gasteiger charge is -2.20. The molecule has 0 fully saturated rings. The molecule has 83 heavy (non-hydrogen) atoms. The summed E-state index contributed by atoms with van der Waals surface area (Å²) in [7, 11) is 0. The second-order valence-corrected chi connectivity index (χ2v) is 26.3. The first-order valence-electron chi connectivity index (χ1n) is 38.1. The van der Waals surface area contributed by atoms with Crippen molar-refractivity contribution in [1.29, 1.82) is 0 Å². The van der Waals surface area contributed by atoms with Crippen LogP contribution in [0.4, 0.5) is 0 Å². The van der Waals surface area contributed by atoms with Gasteiger partial charge in [-0.25, -0.2) is 0 Å². The van der Waals surface area contributed by atoms with Gasteiger partial charge in [0.15, 0.2) is 0 Å². The molecule has 0 saturated heterocycles. The van der Waals surface area contributed by atoms with Crippen LogP contribution < -0.4 is 5.32 Å². The molecule has 0 aliphatic carbocycles. The highest BCUT2D eigenvalue weighted by Crippen LogP contribution is 2.19. The maximum absolute atomic E-state index is 12.5. The summed E-state index contributed by atoms with van der Waals surface area (Å²) in [5.41, 5.74) is 0. The van der Waals surface area contributed by atoms with Gasteiger partial charge in [-0.15, -0.1) is 0 Å². The van der Waals surface area contributed by atoms with Gasteiger partial charge in [-0.05, 0) is 57.8 Å². The lowest BCUT2D eigenvalue weighted by Crippen LogP contribution is -2.45. The lowest BCUT2D eigenvalue weighted by atomic mass is 10.0. The Bertz CT molecular complexity index is 1300. The Hall–Kier alpha value is -1.66. The number of amides is 1. The van der Waals surface area contributed by atoms with Crippen molar-refractivity contribution in [2.75, 3.05) is 13.2 Å². The number of rotatable bonds is 72. The fourth-order valence-corrected chi connectivity index (χ4v) is 12.2. The van der Waals surface area contributed by atoms with Gasteiger partial charge in [0.25, 0.3) is 0 Å². The second-order valence-electron chi connectivity index (χ2n) is 26.3. The van der Waals surface area contributed by atoms with Crippen molar-refractivity contribution in [1.82, 2.24) is 5.32 Å². The summed E-state index contributed by atoms with van der Waals surface area (Å²) in [5.74, 6) is -0.0442. The van der Waals surface area contributed by atoms with E-state index in [0.717, 1.165) is 38.5 Å². The zero-order valence-electron chi connectivity index (χ0n) is 56.5. The highest BCUT2D eigenvalue weighted by Gasteiger charge is 2.18. The summed E-state index contributed by atoms with van der Waals surface area (Å²) in [6.07, 6.45) is 92.8. The molecule has 0 aromatic carbocycles. The normalized spacial score (nSPS) is 12.6. The number of carbonyl (C=O) groups is 2. The number of nitrogens with one attached hydrogen (secondary N) is 1. The smallest absolute Gasteiger partial charge is 0.305 e. The molecule has 1 amide bonds. The van der Waals surface area contributed by atoms with Crippen molar-refractivity contribution in [3.8, 4) is 0 Å².